The number of benzene rings is 2. The highest BCUT2D eigenvalue weighted by Gasteiger charge is 2.53. The number of rotatable bonds is 9. The van der Waals surface area contributed by atoms with Gasteiger partial charge < -0.3 is 9.84 Å². The number of aliphatic carboxylic acids is 1. The zero-order chi connectivity index (χ0) is 23.8. The van der Waals surface area contributed by atoms with E-state index in [0.717, 1.165) is 24.0 Å². The standard InChI is InChI=1S/C28H35NO4/c1-18(2)15-28(26(30)31,16-19(3)4)29(20-13-14-20)27(32)33-17-25-23-11-7-5-9-21(23)22-10-6-8-12-24(22)25/h5-12,18-20,25H,13-17H2,1-4H3,(H,30,31). The Morgan fingerprint density at radius 1 is 0.939 bits per heavy atom. The molecule has 5 heteroatoms. The first kappa shape index (κ1) is 23.3. The van der Waals surface area contributed by atoms with Gasteiger partial charge in [0.1, 0.15) is 12.1 Å². The van der Waals surface area contributed by atoms with E-state index in [1.165, 1.54) is 11.1 Å². The molecule has 1 saturated carbocycles. The topological polar surface area (TPSA) is 66.8 Å². The summed E-state index contributed by atoms with van der Waals surface area (Å²) in [5.74, 6) is -0.688. The van der Waals surface area contributed by atoms with Crippen LogP contribution >= 0.6 is 0 Å². The molecular weight excluding hydrogens is 414 g/mol. The fraction of sp³-hybridized carbons (Fsp3) is 0.500. The van der Waals surface area contributed by atoms with E-state index >= 15 is 0 Å². The fourth-order valence-corrected chi connectivity index (χ4v) is 5.58. The minimum atomic E-state index is -1.24. The van der Waals surface area contributed by atoms with E-state index < -0.39 is 17.6 Å². The van der Waals surface area contributed by atoms with Crippen molar-refractivity contribution in [1.82, 2.24) is 4.90 Å². The molecule has 0 radical (unpaired) electrons. The highest BCUT2D eigenvalue weighted by Crippen LogP contribution is 2.45. The second-order valence-electron chi connectivity index (χ2n) is 10.4. The smallest absolute Gasteiger partial charge is 0.411 e. The van der Waals surface area contributed by atoms with E-state index in [2.05, 4.69) is 24.3 Å². The van der Waals surface area contributed by atoms with Crippen LogP contribution in [0.2, 0.25) is 0 Å². The van der Waals surface area contributed by atoms with Gasteiger partial charge in [-0.25, -0.2) is 9.59 Å². The molecule has 0 spiro atoms. The van der Waals surface area contributed by atoms with Gasteiger partial charge in [0, 0.05) is 12.0 Å². The van der Waals surface area contributed by atoms with Gasteiger partial charge in [-0.2, -0.15) is 0 Å². The number of amides is 1. The average molecular weight is 450 g/mol. The molecule has 0 unspecified atom stereocenters. The van der Waals surface area contributed by atoms with Gasteiger partial charge >= 0.3 is 12.1 Å². The number of hydrogen-bond donors (Lipinski definition) is 1. The van der Waals surface area contributed by atoms with Gasteiger partial charge in [0.2, 0.25) is 0 Å². The van der Waals surface area contributed by atoms with E-state index in [-0.39, 0.29) is 30.4 Å². The molecule has 2 aliphatic carbocycles. The molecule has 176 valence electrons. The van der Waals surface area contributed by atoms with Gasteiger partial charge in [-0.3, -0.25) is 4.90 Å². The van der Waals surface area contributed by atoms with Crippen LogP contribution in [-0.4, -0.2) is 40.3 Å². The molecule has 4 rings (SSSR count). The Bertz CT molecular complexity index is 969. The summed E-state index contributed by atoms with van der Waals surface area (Å²) in [7, 11) is 0. The fourth-order valence-electron chi connectivity index (χ4n) is 5.58. The van der Waals surface area contributed by atoms with Crippen LogP contribution in [0.15, 0.2) is 48.5 Å². The molecule has 2 aromatic carbocycles. The summed E-state index contributed by atoms with van der Waals surface area (Å²) in [6.07, 6.45) is 2.00. The zero-order valence-corrected chi connectivity index (χ0v) is 20.1. The maximum absolute atomic E-state index is 13.6. The Kier molecular flexibility index (Phi) is 6.51. The molecule has 2 aliphatic rings. The molecule has 0 aliphatic heterocycles. The number of hydrogen-bond acceptors (Lipinski definition) is 3. The van der Waals surface area contributed by atoms with Crippen molar-refractivity contribution in [1.29, 1.82) is 0 Å². The number of carboxylic acid groups (broad SMARTS) is 1. The van der Waals surface area contributed by atoms with Crippen LogP contribution in [0.1, 0.15) is 70.4 Å². The van der Waals surface area contributed by atoms with E-state index in [4.69, 9.17) is 4.74 Å². The number of fused-ring (bicyclic) bond motifs is 3. The highest BCUT2D eigenvalue weighted by atomic mass is 16.6. The van der Waals surface area contributed by atoms with Crippen LogP contribution in [0.3, 0.4) is 0 Å². The van der Waals surface area contributed by atoms with Gasteiger partial charge in [0.15, 0.2) is 0 Å². The van der Waals surface area contributed by atoms with Crippen LogP contribution in [0, 0.1) is 11.8 Å². The van der Waals surface area contributed by atoms with Crippen molar-refractivity contribution in [3.63, 3.8) is 0 Å². The molecule has 0 saturated heterocycles. The Labute approximate surface area is 196 Å². The van der Waals surface area contributed by atoms with E-state index in [1.807, 2.05) is 52.0 Å². The highest BCUT2D eigenvalue weighted by molar-refractivity contribution is 5.85. The zero-order valence-electron chi connectivity index (χ0n) is 20.1. The third-order valence-corrected chi connectivity index (χ3v) is 6.80. The molecule has 0 atom stereocenters. The number of carbonyl (C=O) groups excluding carboxylic acids is 1. The lowest BCUT2D eigenvalue weighted by Gasteiger charge is -2.42. The summed E-state index contributed by atoms with van der Waals surface area (Å²) in [5.41, 5.74) is 3.41. The number of carbonyl (C=O) groups is 2. The van der Waals surface area contributed by atoms with Crippen molar-refractivity contribution in [2.75, 3.05) is 6.61 Å². The second-order valence-corrected chi connectivity index (χ2v) is 10.4. The lowest BCUT2D eigenvalue weighted by molar-refractivity contribution is -0.153. The second kappa shape index (κ2) is 9.20. The molecule has 5 nitrogen and oxygen atoms in total. The van der Waals surface area contributed by atoms with Crippen molar-refractivity contribution in [3.8, 4) is 11.1 Å². The minimum Gasteiger partial charge on any atom is -0.479 e. The van der Waals surface area contributed by atoms with Crippen molar-refractivity contribution < 1.29 is 19.4 Å². The van der Waals surface area contributed by atoms with Crippen molar-refractivity contribution in [3.05, 3.63) is 59.7 Å². The average Bonchev–Trinajstić information content (AvgIpc) is 3.53. The van der Waals surface area contributed by atoms with Gasteiger partial charge in [-0.1, -0.05) is 76.2 Å². The van der Waals surface area contributed by atoms with E-state index in [0.29, 0.717) is 12.8 Å². The molecule has 0 bridgehead atoms. The lowest BCUT2D eigenvalue weighted by atomic mass is 9.80. The molecule has 1 amide bonds. The lowest BCUT2D eigenvalue weighted by Crippen LogP contribution is -2.59. The van der Waals surface area contributed by atoms with Crippen LogP contribution in [0.5, 0.6) is 0 Å². The SMILES string of the molecule is CC(C)CC(CC(C)C)(C(=O)O)N(C(=O)OCC1c2ccccc2-c2ccccc21)C1CC1. The van der Waals surface area contributed by atoms with Gasteiger partial charge in [-0.15, -0.1) is 0 Å². The summed E-state index contributed by atoms with van der Waals surface area (Å²) in [4.78, 5) is 27.9. The summed E-state index contributed by atoms with van der Waals surface area (Å²) in [5, 5.41) is 10.4. The van der Waals surface area contributed by atoms with Crippen LogP contribution in [-0.2, 0) is 9.53 Å². The largest absolute Gasteiger partial charge is 0.479 e. The molecule has 0 heterocycles. The molecule has 1 fully saturated rings. The molecule has 0 aromatic heterocycles. The van der Waals surface area contributed by atoms with Crippen LogP contribution in [0.25, 0.3) is 11.1 Å². The number of nitrogens with zero attached hydrogens (tertiary/aromatic N) is 1. The predicted octanol–water partition coefficient (Wildman–Crippen LogP) is 6.32. The molecule has 1 N–H and O–H groups in total. The monoisotopic (exact) mass is 449 g/mol. The van der Waals surface area contributed by atoms with Gasteiger partial charge in [0.05, 0.1) is 0 Å². The molecular formula is C28H35NO4. The Morgan fingerprint density at radius 2 is 1.42 bits per heavy atom. The quantitative estimate of drug-likeness (QED) is 0.487. The summed E-state index contributed by atoms with van der Waals surface area (Å²) in [6.45, 7) is 8.26. The molecule has 2 aromatic rings. The summed E-state index contributed by atoms with van der Waals surface area (Å²) < 4.78 is 5.95. The van der Waals surface area contributed by atoms with E-state index in [9.17, 15) is 14.7 Å². The maximum atomic E-state index is 13.6. The Hall–Kier alpha value is -2.82. The van der Waals surface area contributed by atoms with Gasteiger partial charge in [0.25, 0.3) is 0 Å². The summed E-state index contributed by atoms with van der Waals surface area (Å²) >= 11 is 0. The molecule has 33 heavy (non-hydrogen) atoms. The van der Waals surface area contributed by atoms with E-state index in [1.54, 1.807) is 4.90 Å². The minimum absolute atomic E-state index is 0.0446. The predicted molar refractivity (Wildman–Crippen MR) is 129 cm³/mol. The Balaban J connectivity index is 1.61. The summed E-state index contributed by atoms with van der Waals surface area (Å²) in [6, 6.07) is 16.4. The van der Waals surface area contributed by atoms with Crippen LogP contribution in [0.4, 0.5) is 4.79 Å². The normalized spacial score (nSPS) is 15.5. The maximum Gasteiger partial charge on any atom is 0.411 e. The van der Waals surface area contributed by atoms with Crippen molar-refractivity contribution in [2.24, 2.45) is 11.8 Å². The first-order valence-corrected chi connectivity index (χ1v) is 12.1. The first-order chi connectivity index (χ1) is 15.7. The number of ether oxygens (including phenoxy) is 1. The number of carboxylic acids is 1. The van der Waals surface area contributed by atoms with Crippen molar-refractivity contribution in [2.45, 2.75) is 70.9 Å². The van der Waals surface area contributed by atoms with Crippen molar-refractivity contribution >= 4 is 12.1 Å². The first-order valence-electron chi connectivity index (χ1n) is 12.1. The third-order valence-electron chi connectivity index (χ3n) is 6.80. The van der Waals surface area contributed by atoms with Gasteiger partial charge in [-0.05, 0) is 59.8 Å². The Morgan fingerprint density at radius 3 is 1.85 bits per heavy atom. The van der Waals surface area contributed by atoms with Crippen LogP contribution < -0.4 is 0 Å². The third kappa shape index (κ3) is 4.50.